The molecule has 0 radical (unpaired) electrons. The van der Waals surface area contributed by atoms with Crippen LogP contribution in [0.5, 0.6) is 5.75 Å². The summed E-state index contributed by atoms with van der Waals surface area (Å²) in [6.07, 6.45) is 15.4. The van der Waals surface area contributed by atoms with Gasteiger partial charge in [-0.3, -0.25) is 38.6 Å². The fourth-order valence-corrected chi connectivity index (χ4v) is 11.7. The largest absolute Gasteiger partial charge is 0.508 e. The van der Waals surface area contributed by atoms with Crippen molar-refractivity contribution in [3.8, 4) is 5.75 Å². The Labute approximate surface area is 473 Å². The molecule has 0 saturated carbocycles. The van der Waals surface area contributed by atoms with Gasteiger partial charge in [-0.2, -0.15) is 0 Å². The van der Waals surface area contributed by atoms with Crippen LogP contribution in [0.3, 0.4) is 0 Å². The minimum atomic E-state index is -1.14. The summed E-state index contributed by atoms with van der Waals surface area (Å²) in [6, 6.07) is 3.40. The third kappa shape index (κ3) is 16.5. The number of hydrazine groups is 1. The number of benzene rings is 1. The molecule has 4 amide bonds. The first-order chi connectivity index (χ1) is 37.9. The maximum Gasteiger partial charge on any atom is 0.325 e. The minimum absolute atomic E-state index is 0.00390. The van der Waals surface area contributed by atoms with Crippen molar-refractivity contribution in [2.75, 3.05) is 6.54 Å². The van der Waals surface area contributed by atoms with Gasteiger partial charge in [-0.1, -0.05) is 103 Å². The Kier molecular flexibility index (Phi) is 22.5. The molecule has 0 aromatic heterocycles. The van der Waals surface area contributed by atoms with Crippen LogP contribution in [0.1, 0.15) is 146 Å². The SMILES string of the molecule is CC[C@@H](C[C@H](C)C1=C(C)C(=O)[C@@H](C)[C@H](C[C@H](OC(C)=O)[C@@H](C)CC/C=C/C=C(\C)[C@@H]2C/C=C/C=C/[C@@H]3O[C@@]4(C)CC[C@@H](C(=O)N[C@@H](C(C)C)C(=O)N[C@@H](Cc5cccc(O)c5)C(=O)N5CCC[C@H](N5)C(=O)O2)[C@H](O4)[C@H]3C)O1)C(N)=O. The van der Waals surface area contributed by atoms with Crippen molar-refractivity contribution in [2.24, 2.45) is 47.2 Å². The maximum absolute atomic E-state index is 14.6. The average molecular weight is 1110 g/mol. The highest BCUT2D eigenvalue weighted by Crippen LogP contribution is 2.44. The van der Waals surface area contributed by atoms with Crippen molar-refractivity contribution in [1.29, 1.82) is 0 Å². The number of aromatic hydroxyl groups is 1. The highest BCUT2D eigenvalue weighted by Gasteiger charge is 2.52. The number of amides is 4. The van der Waals surface area contributed by atoms with Gasteiger partial charge in [0.2, 0.25) is 17.7 Å². The number of nitrogens with two attached hydrogens (primary N) is 1. The molecule has 6 N–H and O–H groups in total. The summed E-state index contributed by atoms with van der Waals surface area (Å²) in [6.45, 7) is 20.4. The maximum atomic E-state index is 14.6. The highest BCUT2D eigenvalue weighted by atomic mass is 16.7. The van der Waals surface area contributed by atoms with E-state index in [1.165, 1.54) is 24.1 Å². The van der Waals surface area contributed by atoms with Crippen LogP contribution in [-0.4, -0.2) is 112 Å². The van der Waals surface area contributed by atoms with Gasteiger partial charge in [0.05, 0.1) is 24.0 Å². The zero-order valence-corrected chi connectivity index (χ0v) is 48.9. The van der Waals surface area contributed by atoms with Crippen molar-refractivity contribution in [2.45, 2.75) is 201 Å². The second kappa shape index (κ2) is 28.5. The third-order valence-electron chi connectivity index (χ3n) is 16.7. The van der Waals surface area contributed by atoms with E-state index in [9.17, 15) is 38.7 Å². The van der Waals surface area contributed by atoms with E-state index >= 15 is 0 Å². The lowest BCUT2D eigenvalue weighted by Gasteiger charge is -2.51. The quantitative estimate of drug-likeness (QED) is 0.0741. The summed E-state index contributed by atoms with van der Waals surface area (Å²) in [4.78, 5) is 95.5. The van der Waals surface area contributed by atoms with Gasteiger partial charge in [0.15, 0.2) is 11.6 Å². The van der Waals surface area contributed by atoms with Crippen molar-refractivity contribution < 1.29 is 62.4 Å². The van der Waals surface area contributed by atoms with Crippen LogP contribution in [0.25, 0.3) is 0 Å². The number of primary amides is 1. The number of nitrogens with zero attached hydrogens (tertiary/aromatic N) is 1. The van der Waals surface area contributed by atoms with Gasteiger partial charge in [0.25, 0.3) is 5.91 Å². The third-order valence-corrected chi connectivity index (χ3v) is 16.7. The van der Waals surface area contributed by atoms with E-state index in [-0.39, 0.29) is 65.9 Å². The average Bonchev–Trinajstić information content (AvgIpc) is 3.55. The Morgan fingerprint density at radius 2 is 1.75 bits per heavy atom. The number of phenols is 1. The van der Waals surface area contributed by atoms with Crippen molar-refractivity contribution >= 4 is 41.4 Å². The van der Waals surface area contributed by atoms with Gasteiger partial charge >= 0.3 is 11.9 Å². The van der Waals surface area contributed by atoms with E-state index in [4.69, 9.17) is 29.4 Å². The Bertz CT molecular complexity index is 2550. The predicted octanol–water partition coefficient (Wildman–Crippen LogP) is 7.69. The molecule has 5 aliphatic heterocycles. The number of rotatable bonds is 17. The number of esters is 2. The minimum Gasteiger partial charge on any atom is -0.508 e. The van der Waals surface area contributed by atoms with Crippen LogP contribution in [0, 0.1) is 41.4 Å². The molecule has 80 heavy (non-hydrogen) atoms. The first-order valence-electron chi connectivity index (χ1n) is 29.0. The molecule has 18 nitrogen and oxygen atoms in total. The number of hydrogen-bond acceptors (Lipinski definition) is 14. The van der Waals surface area contributed by atoms with Gasteiger partial charge in [-0.05, 0) is 101 Å². The molecule has 15 atom stereocenters. The number of cyclic esters (lactones) is 1. The lowest BCUT2D eigenvalue weighted by molar-refractivity contribution is -0.344. The monoisotopic (exact) mass is 1110 g/mol. The second-order valence-electron chi connectivity index (χ2n) is 23.5. The molecule has 1 aromatic rings. The second-order valence-corrected chi connectivity index (χ2v) is 23.5. The zero-order valence-electron chi connectivity index (χ0n) is 48.9. The molecular weight excluding hydrogens is 1020 g/mol. The number of fused-ring (bicyclic) bond motifs is 4. The molecule has 3 fully saturated rings. The molecule has 5 heterocycles. The molecule has 440 valence electrons. The first kappa shape index (κ1) is 63.1. The van der Waals surface area contributed by atoms with E-state index in [1.54, 1.807) is 19.1 Å². The van der Waals surface area contributed by atoms with Crippen molar-refractivity contribution in [3.63, 3.8) is 0 Å². The van der Waals surface area contributed by atoms with E-state index in [0.29, 0.717) is 81.1 Å². The Morgan fingerprint density at radius 3 is 2.44 bits per heavy atom. The zero-order chi connectivity index (χ0) is 58.6. The smallest absolute Gasteiger partial charge is 0.325 e. The van der Waals surface area contributed by atoms with Gasteiger partial charge in [0.1, 0.15) is 47.9 Å². The van der Waals surface area contributed by atoms with Crippen LogP contribution in [0.4, 0.5) is 0 Å². The van der Waals surface area contributed by atoms with Crippen LogP contribution in [-0.2, 0) is 63.7 Å². The van der Waals surface area contributed by atoms with Crippen molar-refractivity contribution in [3.05, 3.63) is 89.3 Å². The molecule has 18 heteroatoms. The van der Waals surface area contributed by atoms with Crippen LogP contribution in [0.15, 0.2) is 83.7 Å². The fraction of sp³-hybridized carbons (Fsp3) is 0.629. The standard InChI is InChI=1S/C62H89N5O13/c1-12-44(57(63)71)31-38(6)55-41(9)54(70)39(7)52(77-55)34-51(76-42(10)68)37(5)22-16-13-15-21-36(4)49-26-17-14-18-27-50-40(8)56-46(28-29-62(11,79-50)80-56)58(72)65-53(35(2)3)59(73)64-48(33-43-23-19-24-45(69)32-43)60(74)67-30-20-25-47(66-67)61(75)78-49/h13-15,17-19,21,23-24,27,32,35,37-40,44,46-53,56,66,69H,12,16,20,22,25-26,28-31,33-34H2,1-11H3,(H2,63,71)(H,64,73)(H,65,72)/b15-13+,17-14+,27-18+,36-21+/t37-,38-,39-,40-,44-,46+,47-,48-,49-,50-,51-,52-,53-,56+,62+/m0/s1. The molecular formula is C62H89N5O13. The number of ketones is 1. The van der Waals surface area contributed by atoms with Gasteiger partial charge < -0.3 is 45.2 Å². The molecule has 3 saturated heterocycles. The molecule has 1 aromatic carbocycles. The molecule has 5 bridgehead atoms. The number of allylic oxidation sites excluding steroid dienone is 7. The molecule has 0 aliphatic carbocycles. The normalized spacial score (nSPS) is 31.6. The van der Waals surface area contributed by atoms with Crippen molar-refractivity contribution in [1.82, 2.24) is 21.1 Å². The van der Waals surface area contributed by atoms with E-state index in [2.05, 4.69) is 16.1 Å². The number of ether oxygens (including phenoxy) is 5. The Balaban J connectivity index is 1.21. The van der Waals surface area contributed by atoms with Crippen LogP contribution >= 0.6 is 0 Å². The van der Waals surface area contributed by atoms with E-state index < -0.39 is 90.0 Å². The molecule has 5 aliphatic rings. The molecule has 0 spiro atoms. The number of nitrogens with one attached hydrogen (secondary N) is 3. The molecule has 6 rings (SSSR count). The summed E-state index contributed by atoms with van der Waals surface area (Å²) >= 11 is 0. The summed E-state index contributed by atoms with van der Waals surface area (Å²) in [7, 11) is 0. The first-order valence-corrected chi connectivity index (χ1v) is 29.0. The number of hydrogen-bond donors (Lipinski definition) is 5. The number of Topliss-reactive ketones (excluding diaryl/α,β-unsaturated/α-hetero) is 1. The van der Waals surface area contributed by atoms with E-state index in [1.807, 2.05) is 105 Å². The number of phenolic OH excluding ortho intramolecular Hbond substituents is 1. The summed E-state index contributed by atoms with van der Waals surface area (Å²) in [5, 5.41) is 17.6. The topological polar surface area (TPSA) is 251 Å². The van der Waals surface area contributed by atoms with E-state index in [0.717, 1.165) is 5.57 Å². The number of carbonyl (C=O) groups excluding carboxylic acids is 7. The van der Waals surface area contributed by atoms with Gasteiger partial charge in [-0.15, -0.1) is 0 Å². The summed E-state index contributed by atoms with van der Waals surface area (Å²) < 4.78 is 31.7. The Morgan fingerprint density at radius 1 is 1.00 bits per heavy atom. The van der Waals surface area contributed by atoms with Crippen LogP contribution in [0.2, 0.25) is 0 Å². The summed E-state index contributed by atoms with van der Waals surface area (Å²) in [5.41, 5.74) is 10.6. The molecule has 0 unspecified atom stereocenters. The lowest BCUT2D eigenvalue weighted by atomic mass is 9.79. The van der Waals surface area contributed by atoms with Gasteiger partial charge in [-0.25, -0.2) is 5.43 Å². The lowest BCUT2D eigenvalue weighted by Crippen LogP contribution is -2.63. The Hall–Kier alpha value is -6.11. The highest BCUT2D eigenvalue weighted by molar-refractivity contribution is 5.98. The number of carbonyl (C=O) groups is 7. The fourth-order valence-electron chi connectivity index (χ4n) is 11.7. The van der Waals surface area contributed by atoms with Gasteiger partial charge in [0, 0.05) is 62.5 Å². The predicted molar refractivity (Wildman–Crippen MR) is 301 cm³/mol. The van der Waals surface area contributed by atoms with Crippen LogP contribution < -0.4 is 21.8 Å². The summed E-state index contributed by atoms with van der Waals surface area (Å²) in [5.74, 6) is -5.48.